The van der Waals surface area contributed by atoms with Crippen LogP contribution in [-0.2, 0) is 19.6 Å². The molecule has 0 fully saturated rings. The minimum absolute atomic E-state index is 0.210. The molecule has 0 saturated heterocycles. The highest BCUT2D eigenvalue weighted by atomic mass is 16.5. The van der Waals surface area contributed by atoms with E-state index in [0.29, 0.717) is 13.2 Å². The van der Waals surface area contributed by atoms with Crippen LogP contribution < -0.4 is 9.47 Å². The van der Waals surface area contributed by atoms with Crippen LogP contribution in [-0.4, -0.2) is 11.7 Å². The fraction of sp³-hybridized carbons (Fsp3) is 0.333. The summed E-state index contributed by atoms with van der Waals surface area (Å²) in [4.78, 5) is 0. The van der Waals surface area contributed by atoms with Gasteiger partial charge in [-0.3, -0.25) is 0 Å². The molecule has 0 aromatic heterocycles. The number of hydrogen-bond acceptors (Lipinski definition) is 3. The molecule has 3 aromatic rings. The van der Waals surface area contributed by atoms with Gasteiger partial charge in [0.1, 0.15) is 24.7 Å². The van der Waals surface area contributed by atoms with Gasteiger partial charge in [0.05, 0.1) is 0 Å². The van der Waals surface area contributed by atoms with Crippen LogP contribution in [0.25, 0.3) is 0 Å². The minimum atomic E-state index is 0.210. The first kappa shape index (κ1) is 21.9. The van der Waals surface area contributed by atoms with Gasteiger partial charge in [-0.1, -0.05) is 60.7 Å². The Labute approximate surface area is 180 Å². The standard InChI is InChI=1S/C27H32O3/c1-20-21(2)27(30-19-24-14-8-5-9-15-24)25(16-10-11-17-28)22(3)26(20)29-18-23-12-6-4-7-13-23/h4-9,12-15,28H,10-11,16-19H2,1-3H3. The molecule has 0 aliphatic heterocycles. The van der Waals surface area contributed by atoms with E-state index in [0.717, 1.165) is 58.6 Å². The van der Waals surface area contributed by atoms with Crippen LogP contribution in [0.3, 0.4) is 0 Å². The number of aliphatic hydroxyl groups is 1. The second-order valence-electron chi connectivity index (χ2n) is 7.74. The van der Waals surface area contributed by atoms with E-state index in [2.05, 4.69) is 45.0 Å². The van der Waals surface area contributed by atoms with Gasteiger partial charge in [-0.25, -0.2) is 0 Å². The summed E-state index contributed by atoms with van der Waals surface area (Å²) in [5.41, 5.74) is 6.87. The van der Waals surface area contributed by atoms with E-state index in [4.69, 9.17) is 9.47 Å². The Morgan fingerprint density at radius 2 is 1.13 bits per heavy atom. The van der Waals surface area contributed by atoms with E-state index in [1.807, 2.05) is 36.4 Å². The zero-order chi connectivity index (χ0) is 21.3. The molecule has 1 N–H and O–H groups in total. The third kappa shape index (κ3) is 5.43. The van der Waals surface area contributed by atoms with E-state index in [1.54, 1.807) is 0 Å². The summed E-state index contributed by atoms with van der Waals surface area (Å²) < 4.78 is 12.6. The van der Waals surface area contributed by atoms with Crippen LogP contribution in [0.15, 0.2) is 60.7 Å². The Morgan fingerprint density at radius 3 is 1.67 bits per heavy atom. The van der Waals surface area contributed by atoms with E-state index in [1.165, 1.54) is 5.56 Å². The zero-order valence-electron chi connectivity index (χ0n) is 18.3. The van der Waals surface area contributed by atoms with Gasteiger partial charge in [0.15, 0.2) is 0 Å². The molecule has 0 aliphatic carbocycles. The number of ether oxygens (including phenoxy) is 2. The Balaban J connectivity index is 1.90. The van der Waals surface area contributed by atoms with Crippen molar-refractivity contribution < 1.29 is 14.6 Å². The minimum Gasteiger partial charge on any atom is -0.488 e. The van der Waals surface area contributed by atoms with Crippen molar-refractivity contribution >= 4 is 0 Å². The van der Waals surface area contributed by atoms with E-state index in [9.17, 15) is 5.11 Å². The molecule has 0 unspecified atom stereocenters. The van der Waals surface area contributed by atoms with Crippen LogP contribution in [0.5, 0.6) is 11.5 Å². The number of rotatable bonds is 10. The van der Waals surface area contributed by atoms with Gasteiger partial charge in [-0.05, 0) is 67.9 Å². The lowest BCUT2D eigenvalue weighted by Gasteiger charge is -2.23. The SMILES string of the molecule is Cc1c(C)c(OCc2ccccc2)c(CCCCO)c(C)c1OCc1ccccc1. The fourth-order valence-corrected chi connectivity index (χ4v) is 3.74. The predicted octanol–water partition coefficient (Wildman–Crippen LogP) is 6.08. The molecule has 3 rings (SSSR count). The predicted molar refractivity (Wildman–Crippen MR) is 122 cm³/mol. The molecule has 3 heteroatoms. The highest BCUT2D eigenvalue weighted by Gasteiger charge is 2.20. The van der Waals surface area contributed by atoms with Crippen LogP contribution in [0, 0.1) is 20.8 Å². The second-order valence-corrected chi connectivity index (χ2v) is 7.74. The first-order valence-corrected chi connectivity index (χ1v) is 10.7. The fourth-order valence-electron chi connectivity index (χ4n) is 3.74. The largest absolute Gasteiger partial charge is 0.488 e. The Bertz CT molecular complexity index is 934. The molecular formula is C27H32O3. The van der Waals surface area contributed by atoms with Gasteiger partial charge < -0.3 is 14.6 Å². The molecule has 0 amide bonds. The lowest BCUT2D eigenvalue weighted by Crippen LogP contribution is -2.08. The number of hydrogen-bond donors (Lipinski definition) is 1. The maximum atomic E-state index is 9.24. The third-order valence-corrected chi connectivity index (χ3v) is 5.60. The lowest BCUT2D eigenvalue weighted by molar-refractivity contribution is 0.280. The van der Waals surface area contributed by atoms with Gasteiger partial charge in [0.2, 0.25) is 0 Å². The van der Waals surface area contributed by atoms with E-state index in [-0.39, 0.29) is 6.61 Å². The summed E-state index contributed by atoms with van der Waals surface area (Å²) in [5, 5.41) is 9.24. The number of unbranched alkanes of at least 4 members (excludes halogenated alkanes) is 1. The highest BCUT2D eigenvalue weighted by molar-refractivity contribution is 5.58. The van der Waals surface area contributed by atoms with Crippen LogP contribution >= 0.6 is 0 Å². The first-order chi connectivity index (χ1) is 14.6. The Hall–Kier alpha value is -2.78. The molecule has 3 aromatic carbocycles. The summed E-state index contributed by atoms with van der Waals surface area (Å²) in [7, 11) is 0. The van der Waals surface area contributed by atoms with E-state index >= 15 is 0 Å². The second kappa shape index (κ2) is 10.8. The maximum Gasteiger partial charge on any atom is 0.126 e. The van der Waals surface area contributed by atoms with Crippen molar-refractivity contribution in [1.29, 1.82) is 0 Å². The summed E-state index contributed by atoms with van der Waals surface area (Å²) >= 11 is 0. The maximum absolute atomic E-state index is 9.24. The van der Waals surface area contributed by atoms with Crippen LogP contribution in [0.1, 0.15) is 46.2 Å². The van der Waals surface area contributed by atoms with Crippen molar-refractivity contribution in [3.8, 4) is 11.5 Å². The molecule has 158 valence electrons. The lowest BCUT2D eigenvalue weighted by atomic mass is 9.94. The highest BCUT2D eigenvalue weighted by Crippen LogP contribution is 2.39. The van der Waals surface area contributed by atoms with Crippen LogP contribution in [0.4, 0.5) is 0 Å². The van der Waals surface area contributed by atoms with Crippen molar-refractivity contribution in [2.75, 3.05) is 6.61 Å². The molecule has 3 nitrogen and oxygen atoms in total. The molecule has 0 saturated carbocycles. The Kier molecular flexibility index (Phi) is 7.92. The molecule has 30 heavy (non-hydrogen) atoms. The van der Waals surface area contributed by atoms with Crippen molar-refractivity contribution in [3.63, 3.8) is 0 Å². The third-order valence-electron chi connectivity index (χ3n) is 5.60. The molecule has 0 radical (unpaired) electrons. The molecular weight excluding hydrogens is 372 g/mol. The monoisotopic (exact) mass is 404 g/mol. The van der Waals surface area contributed by atoms with Crippen molar-refractivity contribution in [2.45, 2.75) is 53.2 Å². The molecule has 0 heterocycles. The zero-order valence-corrected chi connectivity index (χ0v) is 18.3. The van der Waals surface area contributed by atoms with Gasteiger partial charge in [0.25, 0.3) is 0 Å². The van der Waals surface area contributed by atoms with Crippen molar-refractivity contribution in [3.05, 3.63) is 94.0 Å². The van der Waals surface area contributed by atoms with Gasteiger partial charge in [-0.15, -0.1) is 0 Å². The quantitative estimate of drug-likeness (QED) is 0.416. The molecule has 0 spiro atoms. The van der Waals surface area contributed by atoms with Crippen molar-refractivity contribution in [1.82, 2.24) is 0 Å². The number of aliphatic hydroxyl groups excluding tert-OH is 1. The molecule has 0 atom stereocenters. The normalized spacial score (nSPS) is 10.8. The first-order valence-electron chi connectivity index (χ1n) is 10.7. The van der Waals surface area contributed by atoms with Crippen LogP contribution in [0.2, 0.25) is 0 Å². The van der Waals surface area contributed by atoms with Crippen molar-refractivity contribution in [2.24, 2.45) is 0 Å². The molecule has 0 aliphatic rings. The molecule has 0 bridgehead atoms. The smallest absolute Gasteiger partial charge is 0.126 e. The van der Waals surface area contributed by atoms with Gasteiger partial charge in [-0.2, -0.15) is 0 Å². The average molecular weight is 405 g/mol. The van der Waals surface area contributed by atoms with Gasteiger partial charge >= 0.3 is 0 Å². The topological polar surface area (TPSA) is 38.7 Å². The summed E-state index contributed by atoms with van der Waals surface area (Å²) in [6.45, 7) is 7.63. The summed E-state index contributed by atoms with van der Waals surface area (Å²) in [6, 6.07) is 20.5. The van der Waals surface area contributed by atoms with Gasteiger partial charge in [0, 0.05) is 12.2 Å². The Morgan fingerprint density at radius 1 is 0.633 bits per heavy atom. The summed E-state index contributed by atoms with van der Waals surface area (Å²) in [5.74, 6) is 1.90. The average Bonchev–Trinajstić information content (AvgIpc) is 2.78. The number of benzene rings is 3. The van der Waals surface area contributed by atoms with E-state index < -0.39 is 0 Å². The summed E-state index contributed by atoms with van der Waals surface area (Å²) in [6.07, 6.45) is 2.56.